The van der Waals surface area contributed by atoms with Gasteiger partial charge in [-0.25, -0.2) is 0 Å². The van der Waals surface area contributed by atoms with Gasteiger partial charge in [0.2, 0.25) is 0 Å². The van der Waals surface area contributed by atoms with E-state index in [1.54, 1.807) is 11.1 Å². The molecular formula is C35H42BNO2. The Kier molecular flexibility index (Phi) is 5.75. The van der Waals surface area contributed by atoms with Crippen molar-refractivity contribution in [2.75, 3.05) is 0 Å². The first-order valence-electron chi connectivity index (χ1n) is 15.3. The smallest absolute Gasteiger partial charge is 0.399 e. The second-order valence-electron chi connectivity index (χ2n) is 13.7. The van der Waals surface area contributed by atoms with Crippen molar-refractivity contribution in [3.05, 3.63) is 71.4 Å². The highest BCUT2D eigenvalue weighted by molar-refractivity contribution is 6.62. The number of nitrogens with zero attached hydrogens (tertiary/aromatic N) is 1. The van der Waals surface area contributed by atoms with E-state index in [-0.39, 0.29) is 23.7 Å². The summed E-state index contributed by atoms with van der Waals surface area (Å²) in [4.78, 5) is 4.93. The van der Waals surface area contributed by atoms with Gasteiger partial charge in [0.25, 0.3) is 0 Å². The first kappa shape index (κ1) is 25.5. The SMILES string of the molecule is CCCCc1ccc2c(c1)[C@]13CCC[C@]1(CCC3)c1cc(-c3ccc(B4OC(C)(C)C(C)(C)O4)cn3)ccc1-2. The maximum absolute atomic E-state index is 6.26. The van der Waals surface area contributed by atoms with Crippen LogP contribution in [0.25, 0.3) is 22.4 Å². The summed E-state index contributed by atoms with van der Waals surface area (Å²) in [5.41, 5.74) is 10.8. The molecule has 0 radical (unpaired) electrons. The Hall–Kier alpha value is -2.43. The van der Waals surface area contributed by atoms with Crippen LogP contribution in [0.1, 0.15) is 103 Å². The zero-order valence-corrected chi connectivity index (χ0v) is 24.4. The standard InChI is InChI=1S/C35H42BNO2/c1-6-7-10-24-11-14-27-28-15-12-25(22-30(28)35-19-8-17-34(35,18-9-20-35)29(27)21-24)31-16-13-26(23-37-31)36-38-32(2,3)33(4,5)39-36/h11-16,21-23H,6-10,17-20H2,1-5H3/t34-,35+. The Morgan fingerprint density at radius 1 is 0.769 bits per heavy atom. The molecule has 7 rings (SSSR count). The summed E-state index contributed by atoms with van der Waals surface area (Å²) >= 11 is 0. The van der Waals surface area contributed by atoms with E-state index in [1.807, 2.05) is 6.20 Å². The Morgan fingerprint density at radius 3 is 1.97 bits per heavy atom. The number of benzene rings is 2. The molecule has 1 aliphatic heterocycles. The van der Waals surface area contributed by atoms with Crippen LogP contribution in [0.3, 0.4) is 0 Å². The van der Waals surface area contributed by atoms with Crippen LogP contribution in [0.2, 0.25) is 0 Å². The highest BCUT2D eigenvalue weighted by atomic mass is 16.7. The molecule has 0 amide bonds. The third-order valence-electron chi connectivity index (χ3n) is 11.2. The van der Waals surface area contributed by atoms with Crippen molar-refractivity contribution in [2.24, 2.45) is 0 Å². The summed E-state index contributed by atoms with van der Waals surface area (Å²) < 4.78 is 12.5. The van der Waals surface area contributed by atoms with E-state index in [9.17, 15) is 0 Å². The first-order valence-corrected chi connectivity index (χ1v) is 15.3. The highest BCUT2D eigenvalue weighted by Crippen LogP contribution is 2.69. The van der Waals surface area contributed by atoms with Gasteiger partial charge in [-0.05, 0) is 106 Å². The van der Waals surface area contributed by atoms with Crippen LogP contribution in [0.4, 0.5) is 0 Å². The Labute approximate surface area is 234 Å². The lowest BCUT2D eigenvalue weighted by Crippen LogP contribution is -2.43. The molecule has 0 bridgehead atoms. The Morgan fingerprint density at radius 2 is 1.38 bits per heavy atom. The van der Waals surface area contributed by atoms with Crippen LogP contribution >= 0.6 is 0 Å². The van der Waals surface area contributed by atoms with Crippen LogP contribution in [0, 0.1) is 0 Å². The van der Waals surface area contributed by atoms with Gasteiger partial charge in [0, 0.05) is 28.1 Å². The molecule has 202 valence electrons. The molecule has 39 heavy (non-hydrogen) atoms. The summed E-state index contributed by atoms with van der Waals surface area (Å²) in [5.74, 6) is 0. The molecule has 1 saturated heterocycles. The lowest BCUT2D eigenvalue weighted by atomic mass is 9.55. The number of rotatable bonds is 5. The molecule has 0 N–H and O–H groups in total. The average Bonchev–Trinajstić information content (AvgIpc) is 3.56. The molecule has 0 unspecified atom stereocenters. The van der Waals surface area contributed by atoms with Crippen LogP contribution in [0.15, 0.2) is 54.7 Å². The number of aromatic nitrogens is 1. The summed E-state index contributed by atoms with van der Waals surface area (Å²) in [7, 11) is -0.379. The van der Waals surface area contributed by atoms with Gasteiger partial charge in [-0.3, -0.25) is 4.98 Å². The van der Waals surface area contributed by atoms with E-state index >= 15 is 0 Å². The number of unbranched alkanes of at least 4 members (excludes halogenated alkanes) is 1. The van der Waals surface area contributed by atoms with Crippen LogP contribution in [0.5, 0.6) is 0 Å². The van der Waals surface area contributed by atoms with Crippen molar-refractivity contribution in [3.8, 4) is 22.4 Å². The molecule has 0 spiro atoms. The molecule has 4 heteroatoms. The minimum Gasteiger partial charge on any atom is -0.399 e. The Balaban J connectivity index is 1.28. The topological polar surface area (TPSA) is 31.4 Å². The van der Waals surface area contributed by atoms with E-state index in [1.165, 1.54) is 80.0 Å². The molecule has 1 aromatic heterocycles. The first-order chi connectivity index (χ1) is 18.7. The molecule has 2 aromatic carbocycles. The van der Waals surface area contributed by atoms with Gasteiger partial charge in [0.15, 0.2) is 0 Å². The van der Waals surface area contributed by atoms with Crippen LogP contribution in [-0.2, 0) is 26.6 Å². The molecule has 2 saturated carbocycles. The molecule has 3 fully saturated rings. The average molecular weight is 520 g/mol. The molecule has 3 aliphatic carbocycles. The van der Waals surface area contributed by atoms with E-state index in [0.717, 1.165) is 11.2 Å². The van der Waals surface area contributed by atoms with Gasteiger partial charge in [-0.15, -0.1) is 0 Å². The quantitative estimate of drug-likeness (QED) is 0.321. The predicted molar refractivity (Wildman–Crippen MR) is 160 cm³/mol. The number of fused-ring (bicyclic) bond motifs is 3. The van der Waals surface area contributed by atoms with Gasteiger partial charge in [0.1, 0.15) is 0 Å². The van der Waals surface area contributed by atoms with Crippen molar-refractivity contribution >= 4 is 12.6 Å². The fourth-order valence-electron chi connectivity index (χ4n) is 8.43. The lowest BCUT2D eigenvalue weighted by molar-refractivity contribution is 0.00578. The second kappa shape index (κ2) is 8.79. The zero-order chi connectivity index (χ0) is 27.0. The second-order valence-corrected chi connectivity index (χ2v) is 13.7. The predicted octanol–water partition coefficient (Wildman–Crippen LogP) is 7.91. The normalized spacial score (nSPS) is 27.7. The summed E-state index contributed by atoms with van der Waals surface area (Å²) in [6, 6.07) is 18.9. The van der Waals surface area contributed by atoms with E-state index in [4.69, 9.17) is 14.3 Å². The molecule has 4 aliphatic rings. The monoisotopic (exact) mass is 519 g/mol. The third kappa shape index (κ3) is 3.60. The number of hydrogen-bond donors (Lipinski definition) is 0. The van der Waals surface area contributed by atoms with Crippen molar-refractivity contribution < 1.29 is 9.31 Å². The molecular weight excluding hydrogens is 477 g/mol. The van der Waals surface area contributed by atoms with Crippen molar-refractivity contribution in [1.82, 2.24) is 4.98 Å². The van der Waals surface area contributed by atoms with Gasteiger partial charge < -0.3 is 9.31 Å². The minimum absolute atomic E-state index is 0.275. The largest absolute Gasteiger partial charge is 0.496 e. The van der Waals surface area contributed by atoms with Crippen LogP contribution < -0.4 is 5.46 Å². The van der Waals surface area contributed by atoms with Crippen molar-refractivity contribution in [3.63, 3.8) is 0 Å². The van der Waals surface area contributed by atoms with Gasteiger partial charge in [-0.1, -0.05) is 62.6 Å². The summed E-state index contributed by atoms with van der Waals surface area (Å²) in [5, 5.41) is 0. The zero-order valence-electron chi connectivity index (χ0n) is 24.4. The number of pyridine rings is 1. The fraction of sp³-hybridized carbons (Fsp3) is 0.514. The van der Waals surface area contributed by atoms with Crippen molar-refractivity contribution in [1.29, 1.82) is 0 Å². The number of aryl methyl sites for hydroxylation is 1. The van der Waals surface area contributed by atoms with Crippen molar-refractivity contribution in [2.45, 2.75) is 114 Å². The van der Waals surface area contributed by atoms with Gasteiger partial charge in [-0.2, -0.15) is 0 Å². The maximum atomic E-state index is 6.26. The van der Waals surface area contributed by atoms with E-state index in [2.05, 4.69) is 83.1 Å². The molecule has 3 nitrogen and oxygen atoms in total. The highest BCUT2D eigenvalue weighted by Gasteiger charge is 2.62. The minimum atomic E-state index is -0.379. The Bertz CT molecular complexity index is 1400. The van der Waals surface area contributed by atoms with E-state index < -0.39 is 0 Å². The van der Waals surface area contributed by atoms with Crippen LogP contribution in [-0.4, -0.2) is 23.3 Å². The summed E-state index contributed by atoms with van der Waals surface area (Å²) in [6.07, 6.45) is 13.6. The molecule has 0 atom stereocenters. The maximum Gasteiger partial charge on any atom is 0.496 e. The van der Waals surface area contributed by atoms with E-state index in [0.29, 0.717) is 5.41 Å². The third-order valence-corrected chi connectivity index (χ3v) is 11.2. The lowest BCUT2D eigenvalue weighted by Gasteiger charge is -2.48. The number of hydrogen-bond acceptors (Lipinski definition) is 3. The van der Waals surface area contributed by atoms with Gasteiger partial charge >= 0.3 is 7.12 Å². The fourth-order valence-corrected chi connectivity index (χ4v) is 8.43. The molecule has 3 aromatic rings. The summed E-state index contributed by atoms with van der Waals surface area (Å²) in [6.45, 7) is 10.7. The van der Waals surface area contributed by atoms with Gasteiger partial charge in [0.05, 0.1) is 16.9 Å². The molecule has 2 heterocycles.